The van der Waals surface area contributed by atoms with Gasteiger partial charge in [0.2, 0.25) is 5.91 Å². The summed E-state index contributed by atoms with van der Waals surface area (Å²) in [6.45, 7) is 16.5. The number of rotatable bonds is 9. The molecule has 3 amide bonds. The molecule has 0 saturated carbocycles. The Labute approximate surface area is 336 Å². The molecule has 3 aromatic carbocycles. The van der Waals surface area contributed by atoms with Gasteiger partial charge in [0.25, 0.3) is 0 Å². The highest BCUT2D eigenvalue weighted by Crippen LogP contribution is 2.54. The summed E-state index contributed by atoms with van der Waals surface area (Å²) in [5.74, 6) is 1.38. The highest BCUT2D eigenvalue weighted by molar-refractivity contribution is 6.30. The number of amidine groups is 1. The van der Waals surface area contributed by atoms with Crippen molar-refractivity contribution >= 4 is 41.0 Å². The van der Waals surface area contributed by atoms with Crippen molar-refractivity contribution in [3.05, 3.63) is 129 Å². The average Bonchev–Trinajstić information content (AvgIpc) is 3.39. The number of halogens is 2. The van der Waals surface area contributed by atoms with Crippen molar-refractivity contribution in [2.45, 2.75) is 90.8 Å². The summed E-state index contributed by atoms with van der Waals surface area (Å²) in [4.78, 5) is 44.7. The number of hydrogen-bond donors (Lipinski definition) is 0. The number of aliphatic imine (C=N–C) groups is 1. The monoisotopic (exact) mass is 781 g/mol. The number of nitrogens with zero attached hydrogens (tertiary/aromatic N) is 5. The number of pyridine rings is 1. The summed E-state index contributed by atoms with van der Waals surface area (Å²) in [7, 11) is 1.87. The van der Waals surface area contributed by atoms with Gasteiger partial charge in [-0.25, -0.2) is 4.79 Å². The first-order valence-electron chi connectivity index (χ1n) is 19.2. The van der Waals surface area contributed by atoms with Crippen LogP contribution < -0.4 is 4.74 Å². The molecular formula is C45H53Cl2N5O3. The summed E-state index contributed by atoms with van der Waals surface area (Å²) in [6, 6.07) is 25.4. The van der Waals surface area contributed by atoms with E-state index in [0.29, 0.717) is 72.7 Å². The van der Waals surface area contributed by atoms with Crippen LogP contribution in [0.1, 0.15) is 94.3 Å². The number of carbonyl (C=O) groups is 2. The summed E-state index contributed by atoms with van der Waals surface area (Å²) in [5, 5.41) is 1.21. The zero-order valence-electron chi connectivity index (χ0n) is 33.3. The maximum Gasteiger partial charge on any atom is 0.326 e. The van der Waals surface area contributed by atoms with E-state index in [1.54, 1.807) is 6.20 Å². The van der Waals surface area contributed by atoms with Gasteiger partial charge in [0.1, 0.15) is 22.7 Å². The maximum absolute atomic E-state index is 15.4. The molecule has 4 aromatic rings. The molecule has 2 aliphatic heterocycles. The number of aromatic nitrogens is 1. The molecule has 1 fully saturated rings. The fraction of sp³-hybridized carbons (Fsp3) is 0.422. The van der Waals surface area contributed by atoms with Crippen LogP contribution in [0.4, 0.5) is 4.79 Å². The summed E-state index contributed by atoms with van der Waals surface area (Å²) >= 11 is 12.9. The highest BCUT2D eigenvalue weighted by Gasteiger charge is 2.60. The van der Waals surface area contributed by atoms with Crippen molar-refractivity contribution < 1.29 is 14.3 Å². The average molecular weight is 783 g/mol. The molecule has 1 aromatic heterocycles. The van der Waals surface area contributed by atoms with E-state index >= 15 is 4.79 Å². The molecular weight excluding hydrogens is 729 g/mol. The van der Waals surface area contributed by atoms with Gasteiger partial charge in [0, 0.05) is 66.5 Å². The number of amides is 3. The van der Waals surface area contributed by atoms with Gasteiger partial charge >= 0.3 is 6.03 Å². The SMILES string of the molecule is CCOc1cc(C(C)(C)C)ncc1C1=N[C@@](C)(c2ccc(Cl)cc2)[C@@](C)(c2ccc(Cl)cc2)N1C(=O)N1CCC(CC(=O)N(C)Cc2cccc(C)c2)CC1. The lowest BCUT2D eigenvalue weighted by Gasteiger charge is -2.47. The molecule has 0 unspecified atom stereocenters. The molecule has 10 heteroatoms. The third-order valence-corrected chi connectivity index (χ3v) is 11.9. The Morgan fingerprint density at radius 3 is 2.13 bits per heavy atom. The molecule has 2 aliphatic rings. The predicted molar refractivity (Wildman–Crippen MR) is 222 cm³/mol. The molecule has 0 radical (unpaired) electrons. The van der Waals surface area contributed by atoms with Crippen molar-refractivity contribution in [2.75, 3.05) is 26.7 Å². The molecule has 8 nitrogen and oxygen atoms in total. The smallest absolute Gasteiger partial charge is 0.326 e. The van der Waals surface area contributed by atoms with Crippen molar-refractivity contribution in [1.82, 2.24) is 19.7 Å². The second kappa shape index (κ2) is 16.0. The Hall–Kier alpha value is -4.40. The molecule has 55 heavy (non-hydrogen) atoms. The molecule has 2 atom stereocenters. The van der Waals surface area contributed by atoms with E-state index in [1.165, 1.54) is 5.56 Å². The van der Waals surface area contributed by atoms with Gasteiger partial charge in [-0.05, 0) is 87.4 Å². The molecule has 1 saturated heterocycles. The fourth-order valence-electron chi connectivity index (χ4n) is 7.90. The number of aryl methyl sites for hydroxylation is 1. The van der Waals surface area contributed by atoms with Crippen LogP contribution in [0.3, 0.4) is 0 Å². The van der Waals surface area contributed by atoms with E-state index in [9.17, 15) is 4.79 Å². The number of likely N-dealkylation sites (tertiary alicyclic amines) is 1. The van der Waals surface area contributed by atoms with Crippen molar-refractivity contribution in [3.8, 4) is 5.75 Å². The lowest BCUT2D eigenvalue weighted by atomic mass is 9.71. The van der Waals surface area contributed by atoms with Gasteiger partial charge in [-0.15, -0.1) is 0 Å². The minimum atomic E-state index is -1.03. The predicted octanol–water partition coefficient (Wildman–Crippen LogP) is 10.2. The number of hydrogen-bond acceptors (Lipinski definition) is 5. The van der Waals surface area contributed by atoms with Gasteiger partial charge in [-0.2, -0.15) is 0 Å². The van der Waals surface area contributed by atoms with Crippen LogP contribution >= 0.6 is 23.2 Å². The first-order chi connectivity index (χ1) is 26.0. The minimum Gasteiger partial charge on any atom is -0.493 e. The van der Waals surface area contributed by atoms with E-state index in [2.05, 4.69) is 59.7 Å². The van der Waals surface area contributed by atoms with Gasteiger partial charge in [0.15, 0.2) is 0 Å². The molecule has 290 valence electrons. The number of ether oxygens (including phenoxy) is 1. The lowest BCUT2D eigenvalue weighted by molar-refractivity contribution is -0.131. The number of piperidine rings is 1. The largest absolute Gasteiger partial charge is 0.493 e. The standard InChI is InChI=1S/C45H53Cl2N5O3/c1-9-55-38-27-39(43(3,4)5)48-28-37(38)41-49-44(6,33-13-17-35(46)18-14-33)45(7,34-15-19-36(47)20-16-34)52(41)42(54)51-23-21-31(22-24-51)26-40(53)50(8)29-32-12-10-11-30(2)25-32/h10-20,25,27-28,31H,9,21-24,26,29H2,1-8H3/t44-,45+/m0/s1. The van der Waals surface area contributed by atoms with E-state index in [1.807, 2.05) is 89.3 Å². The van der Waals surface area contributed by atoms with Gasteiger partial charge in [-0.1, -0.05) is 98.1 Å². The molecule has 3 heterocycles. The topological polar surface area (TPSA) is 78.3 Å². The van der Waals surface area contributed by atoms with Crippen molar-refractivity contribution in [1.29, 1.82) is 0 Å². The van der Waals surface area contributed by atoms with Crippen molar-refractivity contribution in [2.24, 2.45) is 10.9 Å². The van der Waals surface area contributed by atoms with E-state index in [-0.39, 0.29) is 23.3 Å². The summed E-state index contributed by atoms with van der Waals surface area (Å²) < 4.78 is 6.31. The Kier molecular flexibility index (Phi) is 11.7. The minimum absolute atomic E-state index is 0.115. The number of carbonyl (C=O) groups excluding carboxylic acids is 2. The van der Waals surface area contributed by atoms with Gasteiger partial charge in [-0.3, -0.25) is 19.7 Å². The molecule has 0 bridgehead atoms. The van der Waals surface area contributed by atoms with Crippen molar-refractivity contribution in [3.63, 3.8) is 0 Å². The zero-order valence-corrected chi connectivity index (χ0v) is 34.8. The normalized spacial score (nSPS) is 20.4. The third-order valence-electron chi connectivity index (χ3n) is 11.4. The van der Waals surface area contributed by atoms with E-state index in [0.717, 1.165) is 22.4 Å². The van der Waals surface area contributed by atoms with Gasteiger partial charge in [0.05, 0.1) is 12.2 Å². The Bertz CT molecular complexity index is 2050. The third kappa shape index (κ3) is 8.13. The van der Waals surface area contributed by atoms with E-state index < -0.39 is 11.1 Å². The van der Waals surface area contributed by atoms with Crippen LogP contribution in [0.25, 0.3) is 0 Å². The molecule has 0 aliphatic carbocycles. The molecule has 0 N–H and O–H groups in total. The quantitative estimate of drug-likeness (QED) is 0.169. The number of urea groups is 1. The first-order valence-corrected chi connectivity index (χ1v) is 19.9. The van der Waals surface area contributed by atoms with Gasteiger partial charge < -0.3 is 14.5 Å². The second-order valence-electron chi connectivity index (χ2n) is 16.3. The van der Waals surface area contributed by atoms with Crippen LogP contribution in [-0.2, 0) is 27.8 Å². The second-order valence-corrected chi connectivity index (χ2v) is 17.2. The first kappa shape index (κ1) is 40.3. The Morgan fingerprint density at radius 1 is 0.927 bits per heavy atom. The highest BCUT2D eigenvalue weighted by atomic mass is 35.5. The number of benzene rings is 3. The van der Waals surface area contributed by atoms with Crippen LogP contribution in [-0.4, -0.2) is 64.2 Å². The Balaban J connectivity index is 1.37. The van der Waals surface area contributed by atoms with Crippen LogP contribution in [0.2, 0.25) is 10.0 Å². The van der Waals surface area contributed by atoms with Crippen LogP contribution in [0.15, 0.2) is 90.1 Å². The zero-order chi connectivity index (χ0) is 39.7. The fourth-order valence-corrected chi connectivity index (χ4v) is 8.15. The van der Waals surface area contributed by atoms with Crippen LogP contribution in [0.5, 0.6) is 5.75 Å². The lowest BCUT2D eigenvalue weighted by Crippen LogP contribution is -2.59. The maximum atomic E-state index is 15.4. The summed E-state index contributed by atoms with van der Waals surface area (Å²) in [6.07, 6.45) is 3.68. The summed E-state index contributed by atoms with van der Waals surface area (Å²) in [5.41, 5.74) is 3.33. The molecule has 6 rings (SSSR count). The van der Waals surface area contributed by atoms with Crippen LogP contribution in [0, 0.1) is 12.8 Å². The van der Waals surface area contributed by atoms with E-state index in [4.69, 9.17) is 37.9 Å². The molecule has 0 spiro atoms. The Morgan fingerprint density at radius 2 is 1.55 bits per heavy atom.